The third-order valence-corrected chi connectivity index (χ3v) is 4.49. The van der Waals surface area contributed by atoms with Crippen molar-refractivity contribution in [2.24, 2.45) is 5.73 Å². The van der Waals surface area contributed by atoms with Gasteiger partial charge in [-0.1, -0.05) is 0 Å². The lowest BCUT2D eigenvalue weighted by Crippen LogP contribution is -2.50. The molecule has 0 radical (unpaired) electrons. The van der Waals surface area contributed by atoms with Crippen LogP contribution in [-0.4, -0.2) is 37.9 Å². The van der Waals surface area contributed by atoms with Crippen LogP contribution in [0.25, 0.3) is 0 Å². The zero-order valence-electron chi connectivity index (χ0n) is 9.70. The molecule has 0 aromatic heterocycles. The molecule has 0 aliphatic carbocycles. The third kappa shape index (κ3) is 3.79. The zero-order valence-corrected chi connectivity index (χ0v) is 10.5. The third-order valence-electron chi connectivity index (χ3n) is 2.45. The van der Waals surface area contributed by atoms with E-state index in [1.54, 1.807) is 6.92 Å². The first-order valence-corrected chi connectivity index (χ1v) is 6.72. The summed E-state index contributed by atoms with van der Waals surface area (Å²) in [4.78, 5) is 11.7. The largest absolute Gasteiger partial charge is 0.352 e. The van der Waals surface area contributed by atoms with Crippen LogP contribution in [0.3, 0.4) is 0 Å². The van der Waals surface area contributed by atoms with Gasteiger partial charge >= 0.3 is 0 Å². The first-order chi connectivity index (χ1) is 6.63. The Hall–Kier alpha value is -0.620. The predicted molar refractivity (Wildman–Crippen MR) is 60.2 cm³/mol. The van der Waals surface area contributed by atoms with Crippen molar-refractivity contribution in [3.05, 3.63) is 0 Å². The van der Waals surface area contributed by atoms with Crippen molar-refractivity contribution in [3.63, 3.8) is 0 Å². The molecular weight excluding hydrogens is 216 g/mol. The first-order valence-electron chi connectivity index (χ1n) is 4.83. The van der Waals surface area contributed by atoms with Gasteiger partial charge < -0.3 is 11.1 Å². The molecular formula is C9H20N2O3S. The fourth-order valence-electron chi connectivity index (χ4n) is 0.888. The lowest BCUT2D eigenvalue weighted by Gasteiger charge is -2.24. The van der Waals surface area contributed by atoms with Crippen molar-refractivity contribution in [1.29, 1.82) is 0 Å². The molecule has 0 spiro atoms. The molecule has 6 heteroatoms. The minimum atomic E-state index is -3.41. The number of carbonyl (C=O) groups is 1. The van der Waals surface area contributed by atoms with Crippen molar-refractivity contribution >= 4 is 15.7 Å². The fourth-order valence-corrected chi connectivity index (χ4v) is 1.28. The van der Waals surface area contributed by atoms with Gasteiger partial charge in [-0.05, 0) is 33.7 Å². The average molecular weight is 236 g/mol. The van der Waals surface area contributed by atoms with Crippen LogP contribution in [-0.2, 0) is 14.6 Å². The highest BCUT2D eigenvalue weighted by Crippen LogP contribution is 2.15. The van der Waals surface area contributed by atoms with Crippen LogP contribution in [0.15, 0.2) is 0 Å². The summed E-state index contributed by atoms with van der Waals surface area (Å²) in [6.45, 7) is 5.05. The number of amides is 1. The monoisotopic (exact) mass is 236 g/mol. The van der Waals surface area contributed by atoms with Gasteiger partial charge in [0.2, 0.25) is 5.91 Å². The quantitative estimate of drug-likeness (QED) is 0.683. The predicted octanol–water partition coefficient (Wildman–Crippen LogP) is -0.337. The highest BCUT2D eigenvalue weighted by Gasteiger charge is 2.38. The van der Waals surface area contributed by atoms with Gasteiger partial charge in [-0.3, -0.25) is 4.79 Å². The molecule has 1 atom stereocenters. The Morgan fingerprint density at radius 3 is 2.27 bits per heavy atom. The molecule has 0 heterocycles. The number of hydrogen-bond donors (Lipinski definition) is 2. The molecule has 0 fully saturated rings. The molecule has 0 aromatic rings. The summed E-state index contributed by atoms with van der Waals surface area (Å²) in [5.41, 5.74) is 5.33. The maximum atomic E-state index is 11.7. The molecule has 1 unspecified atom stereocenters. The van der Waals surface area contributed by atoms with Gasteiger partial charge in [-0.15, -0.1) is 0 Å². The van der Waals surface area contributed by atoms with E-state index in [0.29, 0.717) is 13.0 Å². The van der Waals surface area contributed by atoms with Crippen LogP contribution in [0, 0.1) is 0 Å². The Morgan fingerprint density at radius 1 is 1.47 bits per heavy atom. The van der Waals surface area contributed by atoms with Gasteiger partial charge in [0, 0.05) is 12.3 Å². The maximum absolute atomic E-state index is 11.7. The minimum Gasteiger partial charge on any atom is -0.352 e. The highest BCUT2D eigenvalue weighted by atomic mass is 32.2. The molecule has 15 heavy (non-hydrogen) atoms. The molecule has 0 rings (SSSR count). The maximum Gasteiger partial charge on any atom is 0.241 e. The minimum absolute atomic E-state index is 0.108. The summed E-state index contributed by atoms with van der Waals surface area (Å²) >= 11 is 0. The van der Waals surface area contributed by atoms with Crippen LogP contribution in [0.1, 0.15) is 27.2 Å². The highest BCUT2D eigenvalue weighted by molar-refractivity contribution is 7.92. The van der Waals surface area contributed by atoms with Crippen molar-refractivity contribution in [2.45, 2.75) is 38.0 Å². The van der Waals surface area contributed by atoms with Crippen molar-refractivity contribution in [1.82, 2.24) is 5.32 Å². The van der Waals surface area contributed by atoms with Gasteiger partial charge in [0.15, 0.2) is 9.84 Å². The summed E-state index contributed by atoms with van der Waals surface area (Å²) < 4.78 is 21.3. The summed E-state index contributed by atoms with van der Waals surface area (Å²) in [7, 11) is -3.41. The Bertz CT molecular complexity index is 322. The Balaban J connectivity index is 4.60. The molecule has 90 valence electrons. The van der Waals surface area contributed by atoms with Crippen LogP contribution in [0.4, 0.5) is 0 Å². The molecule has 0 aliphatic rings. The van der Waals surface area contributed by atoms with Gasteiger partial charge in [-0.25, -0.2) is 8.42 Å². The second kappa shape index (κ2) is 4.94. The second-order valence-corrected chi connectivity index (χ2v) is 6.80. The SMILES string of the molecule is CC(CCN)NC(=O)C(C)(C)S(C)(=O)=O. The van der Waals surface area contributed by atoms with Gasteiger partial charge in [0.25, 0.3) is 0 Å². The molecule has 5 nitrogen and oxygen atoms in total. The van der Waals surface area contributed by atoms with Gasteiger partial charge in [0.1, 0.15) is 4.75 Å². The van der Waals surface area contributed by atoms with E-state index in [-0.39, 0.29) is 6.04 Å². The summed E-state index contributed by atoms with van der Waals surface area (Å²) in [6, 6.07) is -0.108. The fraction of sp³-hybridized carbons (Fsp3) is 0.889. The normalized spacial score (nSPS) is 14.7. The van der Waals surface area contributed by atoms with Crippen LogP contribution in [0.2, 0.25) is 0 Å². The Labute approximate surface area is 91.3 Å². The lowest BCUT2D eigenvalue weighted by molar-refractivity contribution is -0.123. The standard InChI is InChI=1S/C9H20N2O3S/c1-7(5-6-10)11-8(12)9(2,3)15(4,13)14/h7H,5-6,10H2,1-4H3,(H,11,12). The van der Waals surface area contributed by atoms with Crippen LogP contribution in [0.5, 0.6) is 0 Å². The van der Waals surface area contributed by atoms with Crippen LogP contribution >= 0.6 is 0 Å². The smallest absolute Gasteiger partial charge is 0.241 e. The molecule has 0 bridgehead atoms. The topological polar surface area (TPSA) is 89.3 Å². The van der Waals surface area contributed by atoms with Crippen LogP contribution < -0.4 is 11.1 Å². The van der Waals surface area contributed by atoms with E-state index >= 15 is 0 Å². The molecule has 1 amide bonds. The van der Waals surface area contributed by atoms with E-state index in [4.69, 9.17) is 5.73 Å². The molecule has 0 saturated heterocycles. The number of nitrogens with two attached hydrogens (primary N) is 1. The van der Waals surface area contributed by atoms with E-state index in [1.807, 2.05) is 0 Å². The molecule has 0 saturated carbocycles. The van der Waals surface area contributed by atoms with Gasteiger partial charge in [0.05, 0.1) is 0 Å². The van der Waals surface area contributed by atoms with E-state index in [9.17, 15) is 13.2 Å². The summed E-state index contributed by atoms with van der Waals surface area (Å²) in [5, 5.41) is 2.63. The van der Waals surface area contributed by atoms with Crippen molar-refractivity contribution in [3.8, 4) is 0 Å². The van der Waals surface area contributed by atoms with Crippen molar-refractivity contribution in [2.75, 3.05) is 12.8 Å². The van der Waals surface area contributed by atoms with E-state index in [0.717, 1.165) is 6.26 Å². The molecule has 3 N–H and O–H groups in total. The number of nitrogens with one attached hydrogen (secondary N) is 1. The molecule has 0 aliphatic heterocycles. The Morgan fingerprint density at radius 2 is 1.93 bits per heavy atom. The summed E-state index contributed by atoms with van der Waals surface area (Å²) in [5.74, 6) is -0.481. The Kier molecular flexibility index (Phi) is 4.73. The number of sulfone groups is 1. The number of rotatable bonds is 5. The lowest BCUT2D eigenvalue weighted by atomic mass is 10.1. The number of hydrogen-bond acceptors (Lipinski definition) is 4. The second-order valence-electron chi connectivity index (χ2n) is 4.23. The summed E-state index contributed by atoms with van der Waals surface area (Å²) in [6.07, 6.45) is 1.69. The zero-order chi connectivity index (χ0) is 12.3. The van der Waals surface area contributed by atoms with Crippen molar-refractivity contribution < 1.29 is 13.2 Å². The van der Waals surface area contributed by atoms with Gasteiger partial charge in [-0.2, -0.15) is 0 Å². The number of carbonyl (C=O) groups excluding carboxylic acids is 1. The van der Waals surface area contributed by atoms with E-state index in [1.165, 1.54) is 13.8 Å². The van der Waals surface area contributed by atoms with E-state index in [2.05, 4.69) is 5.32 Å². The van der Waals surface area contributed by atoms with E-state index < -0.39 is 20.5 Å². The molecule has 0 aromatic carbocycles. The first kappa shape index (κ1) is 14.4. The average Bonchev–Trinajstić information content (AvgIpc) is 2.02.